The predicted octanol–water partition coefficient (Wildman–Crippen LogP) is 16.4. The predicted molar refractivity (Wildman–Crippen MR) is 262 cm³/mol. The minimum atomic E-state index is 1.00. The SMILES string of the molecule is c1cnc2cc(-c3c4ccccc4c(-c4cccc5c4sc4cccc(-c6c7ccccc7c(-c7ccc8cccnc8c7)c7ccccc67)c45)c4ccccc34)ccc2c1. The van der Waals surface area contributed by atoms with Gasteiger partial charge in [-0.1, -0.05) is 164 Å². The molecule has 0 saturated carbocycles. The number of pyridine rings is 2. The van der Waals surface area contributed by atoms with Gasteiger partial charge in [0.15, 0.2) is 0 Å². The molecule has 0 N–H and O–H groups in total. The van der Waals surface area contributed by atoms with Crippen molar-refractivity contribution in [1.29, 1.82) is 0 Å². The lowest BCUT2D eigenvalue weighted by Gasteiger charge is -2.19. The first kappa shape index (κ1) is 34.2. The van der Waals surface area contributed by atoms with Crippen LogP contribution in [0.2, 0.25) is 0 Å². The monoisotopic (exact) mass is 790 g/mol. The molecule has 3 aromatic heterocycles. The van der Waals surface area contributed by atoms with Gasteiger partial charge < -0.3 is 0 Å². The first-order valence-electron chi connectivity index (χ1n) is 20.8. The third-order valence-electron chi connectivity index (χ3n) is 12.7. The second-order valence-electron chi connectivity index (χ2n) is 16.0. The van der Waals surface area contributed by atoms with Crippen LogP contribution >= 0.6 is 11.3 Å². The second-order valence-corrected chi connectivity index (χ2v) is 17.0. The number of hydrogen-bond donors (Lipinski definition) is 0. The van der Waals surface area contributed by atoms with Crippen molar-refractivity contribution in [2.45, 2.75) is 0 Å². The molecule has 61 heavy (non-hydrogen) atoms. The highest BCUT2D eigenvalue weighted by molar-refractivity contribution is 7.26. The molecule has 13 aromatic rings. The van der Waals surface area contributed by atoms with E-state index in [-0.39, 0.29) is 0 Å². The molecule has 3 heterocycles. The Morgan fingerprint density at radius 2 is 0.721 bits per heavy atom. The maximum Gasteiger partial charge on any atom is 0.0708 e. The van der Waals surface area contributed by atoms with Gasteiger partial charge in [-0.25, -0.2) is 0 Å². The van der Waals surface area contributed by atoms with Gasteiger partial charge in [0.05, 0.1) is 11.0 Å². The Labute approximate surface area is 355 Å². The Balaban J connectivity index is 1.08. The van der Waals surface area contributed by atoms with E-state index in [1.807, 2.05) is 35.9 Å². The van der Waals surface area contributed by atoms with Crippen LogP contribution in [0, 0.1) is 0 Å². The van der Waals surface area contributed by atoms with Crippen molar-refractivity contribution in [3.05, 3.63) is 207 Å². The van der Waals surface area contributed by atoms with E-state index < -0.39 is 0 Å². The maximum absolute atomic E-state index is 4.74. The van der Waals surface area contributed by atoms with Crippen molar-refractivity contribution < 1.29 is 0 Å². The summed E-state index contributed by atoms with van der Waals surface area (Å²) in [6.07, 6.45) is 3.76. The van der Waals surface area contributed by atoms with E-state index in [1.165, 1.54) is 108 Å². The fraction of sp³-hybridized carbons (Fsp3) is 0. The Morgan fingerprint density at radius 1 is 0.311 bits per heavy atom. The van der Waals surface area contributed by atoms with Gasteiger partial charge in [-0.3, -0.25) is 9.97 Å². The van der Waals surface area contributed by atoms with Crippen LogP contribution < -0.4 is 0 Å². The quantitative estimate of drug-likeness (QED) is 0.166. The van der Waals surface area contributed by atoms with E-state index in [0.29, 0.717) is 0 Å². The van der Waals surface area contributed by atoms with E-state index in [2.05, 4.69) is 182 Å². The number of hydrogen-bond acceptors (Lipinski definition) is 3. The van der Waals surface area contributed by atoms with E-state index in [4.69, 9.17) is 9.97 Å². The molecule has 0 amide bonds. The zero-order valence-electron chi connectivity index (χ0n) is 32.9. The van der Waals surface area contributed by atoms with Gasteiger partial charge >= 0.3 is 0 Å². The lowest BCUT2D eigenvalue weighted by molar-refractivity contribution is 1.41. The molecule has 0 aliphatic heterocycles. The fourth-order valence-corrected chi connectivity index (χ4v) is 11.4. The highest BCUT2D eigenvalue weighted by atomic mass is 32.1. The van der Waals surface area contributed by atoms with Gasteiger partial charge in [0.2, 0.25) is 0 Å². The molecule has 13 rings (SSSR count). The van der Waals surface area contributed by atoms with Crippen LogP contribution in [0.15, 0.2) is 207 Å². The molecular weight excluding hydrogens is 757 g/mol. The van der Waals surface area contributed by atoms with Gasteiger partial charge in [-0.05, 0) is 112 Å². The fourth-order valence-electron chi connectivity index (χ4n) is 10.2. The average molecular weight is 791 g/mol. The summed E-state index contributed by atoms with van der Waals surface area (Å²) in [5.74, 6) is 0. The molecule has 0 unspecified atom stereocenters. The van der Waals surface area contributed by atoms with E-state index in [9.17, 15) is 0 Å². The third kappa shape index (κ3) is 5.14. The van der Waals surface area contributed by atoms with Crippen LogP contribution in [0.4, 0.5) is 0 Å². The molecule has 0 atom stereocenters. The molecule has 0 fully saturated rings. The molecule has 10 aromatic carbocycles. The van der Waals surface area contributed by atoms with Crippen molar-refractivity contribution in [2.24, 2.45) is 0 Å². The minimum Gasteiger partial charge on any atom is -0.256 e. The van der Waals surface area contributed by atoms with Crippen LogP contribution in [0.5, 0.6) is 0 Å². The summed E-state index contributed by atoms with van der Waals surface area (Å²) in [5.41, 5.74) is 11.9. The molecule has 0 aliphatic rings. The van der Waals surface area contributed by atoms with E-state index in [1.54, 1.807) is 0 Å². The number of rotatable bonds is 4. The van der Waals surface area contributed by atoms with Crippen molar-refractivity contribution in [2.75, 3.05) is 0 Å². The summed E-state index contributed by atoms with van der Waals surface area (Å²) >= 11 is 1.91. The highest BCUT2D eigenvalue weighted by Gasteiger charge is 2.23. The summed E-state index contributed by atoms with van der Waals surface area (Å²) in [6, 6.07) is 71.3. The van der Waals surface area contributed by atoms with Gasteiger partial charge in [0.25, 0.3) is 0 Å². The van der Waals surface area contributed by atoms with E-state index in [0.717, 1.165) is 21.8 Å². The number of nitrogens with zero attached hydrogens (tertiary/aromatic N) is 2. The minimum absolute atomic E-state index is 1.00. The van der Waals surface area contributed by atoms with Crippen molar-refractivity contribution >= 4 is 96.4 Å². The summed E-state index contributed by atoms with van der Waals surface area (Å²) in [5, 5.41) is 14.8. The van der Waals surface area contributed by atoms with Gasteiger partial charge in [0.1, 0.15) is 0 Å². The van der Waals surface area contributed by atoms with Crippen LogP contribution in [0.25, 0.3) is 130 Å². The smallest absolute Gasteiger partial charge is 0.0708 e. The summed E-state index contributed by atoms with van der Waals surface area (Å²) in [4.78, 5) is 9.48. The first-order valence-corrected chi connectivity index (χ1v) is 21.6. The number of benzene rings is 10. The zero-order chi connectivity index (χ0) is 40.0. The number of thiophene rings is 1. The Bertz CT molecular complexity index is 3840. The van der Waals surface area contributed by atoms with E-state index >= 15 is 0 Å². The largest absolute Gasteiger partial charge is 0.256 e. The normalized spacial score (nSPS) is 11.9. The standard InChI is InChI=1S/C58H34N2S/c1-5-19-43-39(15-1)53(37-29-27-35-13-11-31-59-50(35)33-37)40-16-2-6-20-44(40)55(43)47-23-10-26-52-57(47)49-25-9-24-48(58(49)61-52)56-45-21-7-3-17-41(45)54(42-18-4-8-22-46(42)56)38-30-28-36-14-12-32-60-51(36)34-38/h1-34H. The van der Waals surface area contributed by atoms with Gasteiger partial charge in [-0.2, -0.15) is 0 Å². The number of fused-ring (bicyclic) bond motifs is 9. The molecular formula is C58H34N2S. The summed E-state index contributed by atoms with van der Waals surface area (Å²) in [7, 11) is 0. The second kappa shape index (κ2) is 13.4. The van der Waals surface area contributed by atoms with Gasteiger partial charge in [-0.15, -0.1) is 11.3 Å². The van der Waals surface area contributed by atoms with Crippen LogP contribution in [-0.4, -0.2) is 9.97 Å². The Morgan fingerprint density at radius 3 is 1.21 bits per heavy atom. The molecule has 0 bridgehead atoms. The average Bonchev–Trinajstić information content (AvgIpc) is 3.72. The number of aromatic nitrogens is 2. The summed E-state index contributed by atoms with van der Waals surface area (Å²) in [6.45, 7) is 0. The molecule has 0 saturated heterocycles. The maximum atomic E-state index is 4.74. The summed E-state index contributed by atoms with van der Waals surface area (Å²) < 4.78 is 2.59. The van der Waals surface area contributed by atoms with Crippen molar-refractivity contribution in [3.8, 4) is 44.5 Å². The van der Waals surface area contributed by atoms with Crippen LogP contribution in [0.1, 0.15) is 0 Å². The van der Waals surface area contributed by atoms with Crippen LogP contribution in [0.3, 0.4) is 0 Å². The first-order chi connectivity index (χ1) is 30.3. The topological polar surface area (TPSA) is 25.8 Å². The van der Waals surface area contributed by atoms with Crippen molar-refractivity contribution in [1.82, 2.24) is 9.97 Å². The molecule has 0 radical (unpaired) electrons. The molecule has 3 heteroatoms. The lowest BCUT2D eigenvalue weighted by atomic mass is 9.84. The lowest BCUT2D eigenvalue weighted by Crippen LogP contribution is -1.92. The Kier molecular flexibility index (Phi) is 7.51. The van der Waals surface area contributed by atoms with Crippen LogP contribution in [-0.2, 0) is 0 Å². The third-order valence-corrected chi connectivity index (χ3v) is 13.9. The zero-order valence-corrected chi connectivity index (χ0v) is 33.7. The molecule has 2 nitrogen and oxygen atoms in total. The molecule has 282 valence electrons. The molecule has 0 aliphatic carbocycles. The molecule has 0 spiro atoms. The highest BCUT2D eigenvalue weighted by Crippen LogP contribution is 2.51. The Hall–Kier alpha value is -7.72. The van der Waals surface area contributed by atoms with Gasteiger partial charge in [0, 0.05) is 48.9 Å². The van der Waals surface area contributed by atoms with Crippen molar-refractivity contribution in [3.63, 3.8) is 0 Å².